The number of halogens is 5. The van der Waals surface area contributed by atoms with Crippen molar-refractivity contribution in [3.63, 3.8) is 0 Å². The van der Waals surface area contributed by atoms with Gasteiger partial charge < -0.3 is 0 Å². The van der Waals surface area contributed by atoms with Crippen LogP contribution >= 0.6 is 0 Å². The van der Waals surface area contributed by atoms with E-state index in [9.17, 15) is 22.0 Å². The van der Waals surface area contributed by atoms with Gasteiger partial charge in [-0.2, -0.15) is 13.2 Å². The second-order valence-corrected chi connectivity index (χ2v) is 12.7. The topological polar surface area (TPSA) is 0 Å². The van der Waals surface area contributed by atoms with E-state index in [2.05, 4.69) is 19.1 Å². The zero-order valence-corrected chi connectivity index (χ0v) is 23.6. The SMILES string of the molecule is CCCC1CCC(C2CCC(C3CCC(/C=C/CCc4cc(F)c(/C=C/C(F)(F)F)c(F)c4)CC3)CC2)CC1. The number of alkyl halides is 3. The summed E-state index contributed by atoms with van der Waals surface area (Å²) < 4.78 is 65.3. The number of rotatable bonds is 9. The molecule has 0 aliphatic heterocycles. The summed E-state index contributed by atoms with van der Waals surface area (Å²) >= 11 is 0. The lowest BCUT2D eigenvalue weighted by atomic mass is 9.65. The van der Waals surface area contributed by atoms with Crippen LogP contribution in [0.5, 0.6) is 0 Å². The van der Waals surface area contributed by atoms with Gasteiger partial charge in [0.05, 0.1) is 0 Å². The molecule has 0 heterocycles. The molecular weight excluding hydrogens is 503 g/mol. The molecule has 0 atom stereocenters. The highest BCUT2D eigenvalue weighted by atomic mass is 19.4. The molecule has 4 rings (SSSR count). The van der Waals surface area contributed by atoms with Crippen molar-refractivity contribution in [1.29, 1.82) is 0 Å². The van der Waals surface area contributed by atoms with Crippen molar-refractivity contribution in [3.8, 4) is 0 Å². The maximum atomic E-state index is 14.2. The maximum Gasteiger partial charge on any atom is 0.409 e. The van der Waals surface area contributed by atoms with Crippen LogP contribution in [0.4, 0.5) is 22.0 Å². The normalized spacial score (nSPS) is 30.8. The van der Waals surface area contributed by atoms with Gasteiger partial charge >= 0.3 is 6.18 Å². The molecule has 5 heteroatoms. The minimum Gasteiger partial charge on any atom is -0.206 e. The molecule has 39 heavy (non-hydrogen) atoms. The Kier molecular flexibility index (Phi) is 11.1. The second kappa shape index (κ2) is 14.3. The first-order valence-corrected chi connectivity index (χ1v) is 15.6. The van der Waals surface area contributed by atoms with Gasteiger partial charge in [-0.25, -0.2) is 8.78 Å². The van der Waals surface area contributed by atoms with E-state index in [1.54, 1.807) is 0 Å². The molecular formula is C34H47F5. The second-order valence-electron chi connectivity index (χ2n) is 12.7. The quantitative estimate of drug-likeness (QED) is 0.212. The molecule has 3 fully saturated rings. The number of hydrogen-bond donors (Lipinski definition) is 0. The van der Waals surface area contributed by atoms with Gasteiger partial charge in [0.15, 0.2) is 0 Å². The summed E-state index contributed by atoms with van der Waals surface area (Å²) in [7, 11) is 0. The van der Waals surface area contributed by atoms with E-state index >= 15 is 0 Å². The van der Waals surface area contributed by atoms with E-state index in [-0.39, 0.29) is 6.08 Å². The summed E-state index contributed by atoms with van der Waals surface area (Å²) in [6.45, 7) is 2.32. The summed E-state index contributed by atoms with van der Waals surface area (Å²) in [5.74, 6) is 3.45. The molecule has 1 aromatic carbocycles. The fourth-order valence-electron chi connectivity index (χ4n) is 7.91. The van der Waals surface area contributed by atoms with Crippen molar-refractivity contribution in [3.05, 3.63) is 53.1 Å². The number of aryl methyl sites for hydroxylation is 1. The minimum atomic E-state index is -4.60. The molecule has 0 radical (unpaired) electrons. The van der Waals surface area contributed by atoms with Gasteiger partial charge in [0.25, 0.3) is 0 Å². The Bertz CT molecular complexity index is 914. The van der Waals surface area contributed by atoms with Crippen LogP contribution in [-0.4, -0.2) is 6.18 Å². The van der Waals surface area contributed by atoms with Crippen LogP contribution in [0.2, 0.25) is 0 Å². The molecule has 0 amide bonds. The predicted octanol–water partition coefficient (Wildman–Crippen LogP) is 11.2. The molecule has 3 aliphatic rings. The van der Waals surface area contributed by atoms with Crippen molar-refractivity contribution in [2.45, 2.75) is 116 Å². The first-order chi connectivity index (χ1) is 18.7. The van der Waals surface area contributed by atoms with Crippen LogP contribution in [0, 0.1) is 47.1 Å². The van der Waals surface area contributed by atoms with E-state index in [0.717, 1.165) is 41.7 Å². The monoisotopic (exact) mass is 550 g/mol. The van der Waals surface area contributed by atoms with E-state index in [4.69, 9.17) is 0 Å². The van der Waals surface area contributed by atoms with Crippen LogP contribution in [0.25, 0.3) is 6.08 Å². The molecule has 0 aromatic heterocycles. The van der Waals surface area contributed by atoms with Crippen molar-refractivity contribution in [1.82, 2.24) is 0 Å². The van der Waals surface area contributed by atoms with Crippen molar-refractivity contribution in [2.24, 2.45) is 35.5 Å². The number of benzene rings is 1. The molecule has 3 saturated carbocycles. The van der Waals surface area contributed by atoms with Crippen LogP contribution in [0.1, 0.15) is 114 Å². The van der Waals surface area contributed by atoms with Crippen LogP contribution in [0.15, 0.2) is 30.4 Å². The van der Waals surface area contributed by atoms with Gasteiger partial charge in [0, 0.05) is 11.6 Å². The standard InChI is InChI=1S/C34H47F5/c1-2-5-24-8-12-27(13-9-24)29-16-18-30(19-17-29)28-14-10-25(11-15-28)6-3-4-7-26-22-32(35)31(33(36)23-26)20-21-34(37,38)39/h3,6,20-25,27-30H,2,4-5,7-19H2,1H3/b6-3+,21-20+. The molecule has 0 N–H and O–H groups in total. The van der Waals surface area contributed by atoms with Crippen LogP contribution in [-0.2, 0) is 6.42 Å². The van der Waals surface area contributed by atoms with Crippen molar-refractivity contribution in [2.75, 3.05) is 0 Å². The predicted molar refractivity (Wildman–Crippen MR) is 150 cm³/mol. The average molecular weight is 551 g/mol. The molecule has 218 valence electrons. The van der Waals surface area contributed by atoms with Gasteiger partial charge in [-0.05, 0) is 136 Å². The largest absolute Gasteiger partial charge is 0.409 e. The van der Waals surface area contributed by atoms with Gasteiger partial charge in [-0.3, -0.25) is 0 Å². The molecule has 0 nitrogen and oxygen atoms in total. The Morgan fingerprint density at radius 2 is 1.23 bits per heavy atom. The zero-order chi connectivity index (χ0) is 27.8. The van der Waals surface area contributed by atoms with Crippen LogP contribution in [0.3, 0.4) is 0 Å². The molecule has 1 aromatic rings. The number of hydrogen-bond acceptors (Lipinski definition) is 0. The number of allylic oxidation sites excluding steroid dienone is 3. The first-order valence-electron chi connectivity index (χ1n) is 15.6. The van der Waals surface area contributed by atoms with E-state index in [1.165, 1.54) is 89.9 Å². The first kappa shape index (κ1) is 30.3. The third-order valence-electron chi connectivity index (χ3n) is 10.1. The Hall–Kier alpha value is -1.65. The Morgan fingerprint density at radius 3 is 1.72 bits per heavy atom. The lowest BCUT2D eigenvalue weighted by Gasteiger charge is -2.41. The fraction of sp³-hybridized carbons (Fsp3) is 0.706. The van der Waals surface area contributed by atoms with Crippen molar-refractivity contribution >= 4 is 6.08 Å². The van der Waals surface area contributed by atoms with Gasteiger partial charge in [0.1, 0.15) is 11.6 Å². The fourth-order valence-corrected chi connectivity index (χ4v) is 7.91. The lowest BCUT2D eigenvalue weighted by molar-refractivity contribution is -0.0790. The zero-order valence-electron chi connectivity index (χ0n) is 23.6. The van der Waals surface area contributed by atoms with Crippen molar-refractivity contribution < 1.29 is 22.0 Å². The Morgan fingerprint density at radius 1 is 0.744 bits per heavy atom. The average Bonchev–Trinajstić information content (AvgIpc) is 2.91. The van der Waals surface area contributed by atoms with Crippen LogP contribution < -0.4 is 0 Å². The highest BCUT2D eigenvalue weighted by molar-refractivity contribution is 5.52. The lowest BCUT2D eigenvalue weighted by Crippen LogP contribution is -2.29. The minimum absolute atomic E-state index is 0.143. The third-order valence-corrected chi connectivity index (χ3v) is 10.1. The summed E-state index contributed by atoms with van der Waals surface area (Å²) in [5.41, 5.74) is -0.182. The van der Waals surface area contributed by atoms with Gasteiger partial charge in [0.2, 0.25) is 0 Å². The van der Waals surface area contributed by atoms with Gasteiger partial charge in [-0.15, -0.1) is 0 Å². The maximum absolute atomic E-state index is 14.2. The Balaban J connectivity index is 1.14. The molecule has 0 bridgehead atoms. The highest BCUT2D eigenvalue weighted by Crippen LogP contribution is 2.46. The molecule has 3 aliphatic carbocycles. The summed E-state index contributed by atoms with van der Waals surface area (Å²) in [5, 5.41) is 0. The van der Waals surface area contributed by atoms with E-state index in [1.807, 2.05) is 0 Å². The third kappa shape index (κ3) is 9.18. The highest BCUT2D eigenvalue weighted by Gasteiger charge is 2.34. The molecule has 0 unspecified atom stereocenters. The summed E-state index contributed by atoms with van der Waals surface area (Å²) in [6.07, 6.45) is 20.8. The molecule has 0 saturated heterocycles. The van der Waals surface area contributed by atoms with Gasteiger partial charge in [-0.1, -0.05) is 44.8 Å². The van der Waals surface area contributed by atoms with E-state index < -0.39 is 23.4 Å². The van der Waals surface area contributed by atoms with E-state index in [0.29, 0.717) is 30.4 Å². The summed E-state index contributed by atoms with van der Waals surface area (Å²) in [6, 6.07) is 2.29. The molecule has 0 spiro atoms. The smallest absolute Gasteiger partial charge is 0.206 e. The summed E-state index contributed by atoms with van der Waals surface area (Å²) in [4.78, 5) is 0. The Labute approximate surface area is 232 Å².